The Kier molecular flexibility index (Phi) is 5.10. The summed E-state index contributed by atoms with van der Waals surface area (Å²) >= 11 is 0. The van der Waals surface area contributed by atoms with Crippen LogP contribution in [0.2, 0.25) is 0 Å². The largest absolute Gasteiger partial charge is 0.388 e. The van der Waals surface area contributed by atoms with E-state index in [9.17, 15) is 9.90 Å². The molecule has 1 heterocycles. The van der Waals surface area contributed by atoms with Crippen LogP contribution in [0.3, 0.4) is 0 Å². The highest BCUT2D eigenvalue weighted by molar-refractivity contribution is 5.82. The molecule has 0 amide bonds. The van der Waals surface area contributed by atoms with Crippen LogP contribution in [0.15, 0.2) is 66.7 Å². The lowest BCUT2D eigenvalue weighted by molar-refractivity contribution is 0.0573. The molecule has 1 N–H and O–H groups in total. The maximum absolute atomic E-state index is 13.1. The van der Waals surface area contributed by atoms with E-state index in [2.05, 4.69) is 5.10 Å². The van der Waals surface area contributed by atoms with Gasteiger partial charge in [0.05, 0.1) is 17.7 Å². The third-order valence-corrected chi connectivity index (χ3v) is 4.36. The Hall–Kier alpha value is -2.72. The summed E-state index contributed by atoms with van der Waals surface area (Å²) in [5, 5.41) is 15.2. The van der Waals surface area contributed by atoms with E-state index in [1.54, 1.807) is 0 Å². The van der Waals surface area contributed by atoms with Gasteiger partial charge in [-0.1, -0.05) is 60.7 Å². The lowest BCUT2D eigenvalue weighted by Crippen LogP contribution is -2.30. The highest BCUT2D eigenvalue weighted by Gasteiger charge is 2.30. The van der Waals surface area contributed by atoms with Gasteiger partial charge in [0.15, 0.2) is 0 Å². The van der Waals surface area contributed by atoms with Crippen molar-refractivity contribution in [3.63, 3.8) is 0 Å². The van der Waals surface area contributed by atoms with Gasteiger partial charge in [-0.25, -0.2) is 4.68 Å². The fourth-order valence-electron chi connectivity index (χ4n) is 3.09. The normalized spacial score (nSPS) is 13.4. The highest BCUT2D eigenvalue weighted by Crippen LogP contribution is 2.27. The van der Waals surface area contributed by atoms with E-state index < -0.39 is 12.0 Å². The third kappa shape index (κ3) is 3.86. The second kappa shape index (κ2) is 7.45. The molecule has 4 nitrogen and oxygen atoms in total. The number of aliphatic hydroxyl groups is 1. The van der Waals surface area contributed by atoms with Gasteiger partial charge in [-0.15, -0.1) is 0 Å². The summed E-state index contributed by atoms with van der Waals surface area (Å²) in [5.74, 6) is -0.798. The number of carbonyl (C=O) groups excluding carboxylic acids is 1. The zero-order valence-corrected chi connectivity index (χ0v) is 14.5. The van der Waals surface area contributed by atoms with E-state index in [-0.39, 0.29) is 5.91 Å². The van der Waals surface area contributed by atoms with E-state index in [1.165, 1.54) is 4.68 Å². The zero-order valence-electron chi connectivity index (χ0n) is 14.5. The monoisotopic (exact) mass is 334 g/mol. The van der Waals surface area contributed by atoms with Crippen LogP contribution < -0.4 is 0 Å². The molecule has 2 atom stereocenters. The van der Waals surface area contributed by atoms with Crippen LogP contribution in [0.5, 0.6) is 0 Å². The summed E-state index contributed by atoms with van der Waals surface area (Å²) in [6, 6.07) is 20.9. The zero-order chi connectivity index (χ0) is 17.8. The van der Waals surface area contributed by atoms with Crippen molar-refractivity contribution >= 4 is 5.91 Å². The van der Waals surface area contributed by atoms with Crippen molar-refractivity contribution in [3.05, 3.63) is 89.2 Å². The van der Waals surface area contributed by atoms with Gasteiger partial charge in [0.2, 0.25) is 0 Å². The molecule has 0 saturated heterocycles. The molecule has 0 bridgehead atoms. The van der Waals surface area contributed by atoms with E-state index >= 15 is 0 Å². The second-order valence-corrected chi connectivity index (χ2v) is 6.33. The third-order valence-electron chi connectivity index (χ3n) is 4.36. The molecule has 25 heavy (non-hydrogen) atoms. The highest BCUT2D eigenvalue weighted by atomic mass is 16.3. The number of carbonyl (C=O) groups is 1. The first kappa shape index (κ1) is 17.1. The minimum Gasteiger partial charge on any atom is -0.388 e. The predicted octanol–water partition coefficient (Wildman–Crippen LogP) is 3.73. The second-order valence-electron chi connectivity index (χ2n) is 6.33. The van der Waals surface area contributed by atoms with E-state index in [4.69, 9.17) is 0 Å². The maximum atomic E-state index is 13.1. The first-order valence-corrected chi connectivity index (χ1v) is 8.40. The number of rotatable bonds is 5. The Morgan fingerprint density at radius 3 is 2.20 bits per heavy atom. The van der Waals surface area contributed by atoms with Crippen LogP contribution in [-0.2, 0) is 6.42 Å². The summed E-state index contributed by atoms with van der Waals surface area (Å²) in [5.41, 5.74) is 3.31. The minimum atomic E-state index is -0.891. The summed E-state index contributed by atoms with van der Waals surface area (Å²) in [4.78, 5) is 13.1. The maximum Gasteiger partial charge on any atom is 0.253 e. The first-order chi connectivity index (χ1) is 12.1. The van der Waals surface area contributed by atoms with Crippen LogP contribution >= 0.6 is 0 Å². The standard InChI is InChI=1S/C21H22N2O2/c1-15-13-16(2)23(22-15)21(25)19(14-17-9-5-3-6-10-17)20(24)18-11-7-4-8-12-18/h3-13,19-20,24H,14H2,1-2H3/t19-,20-/m0/s1. The first-order valence-electron chi connectivity index (χ1n) is 8.40. The molecule has 128 valence electrons. The molecule has 1 aromatic heterocycles. The average molecular weight is 334 g/mol. The van der Waals surface area contributed by atoms with Crippen molar-refractivity contribution in [3.8, 4) is 0 Å². The number of nitrogens with zero attached hydrogens (tertiary/aromatic N) is 2. The number of aryl methyl sites for hydroxylation is 2. The molecule has 0 aliphatic heterocycles. The fraction of sp³-hybridized carbons (Fsp3) is 0.238. The molecule has 4 heteroatoms. The van der Waals surface area contributed by atoms with Crippen molar-refractivity contribution in [2.24, 2.45) is 5.92 Å². The molecule has 2 aromatic carbocycles. The van der Waals surface area contributed by atoms with Crippen LogP contribution in [0.25, 0.3) is 0 Å². The molecule has 3 rings (SSSR count). The fourth-order valence-corrected chi connectivity index (χ4v) is 3.09. The SMILES string of the molecule is Cc1cc(C)n(C(=O)[C@@H](Cc2ccccc2)[C@@H](O)c2ccccc2)n1. The van der Waals surface area contributed by atoms with Crippen LogP contribution in [-0.4, -0.2) is 20.8 Å². The van der Waals surface area contributed by atoms with E-state index in [0.717, 1.165) is 22.5 Å². The number of aliphatic hydroxyl groups excluding tert-OH is 1. The molecule has 0 radical (unpaired) electrons. The van der Waals surface area contributed by atoms with E-state index in [1.807, 2.05) is 80.6 Å². The van der Waals surface area contributed by atoms with Gasteiger partial charge < -0.3 is 5.11 Å². The Morgan fingerprint density at radius 1 is 1.04 bits per heavy atom. The van der Waals surface area contributed by atoms with Crippen LogP contribution in [0, 0.1) is 19.8 Å². The molecule has 0 fully saturated rings. The summed E-state index contributed by atoms with van der Waals surface area (Å²) in [6.07, 6.45) is -0.438. The van der Waals surface area contributed by atoms with Gasteiger partial charge in [-0.05, 0) is 37.5 Å². The van der Waals surface area contributed by atoms with Gasteiger partial charge in [0.1, 0.15) is 0 Å². The Morgan fingerprint density at radius 2 is 1.64 bits per heavy atom. The number of hydrogen-bond donors (Lipinski definition) is 1. The van der Waals surface area contributed by atoms with Crippen molar-refractivity contribution in [2.45, 2.75) is 26.4 Å². The molecular formula is C21H22N2O2. The van der Waals surface area contributed by atoms with Crippen molar-refractivity contribution in [1.29, 1.82) is 0 Å². The Balaban J connectivity index is 1.96. The number of benzene rings is 2. The molecule has 0 aliphatic carbocycles. The Bertz CT molecular complexity index is 841. The molecule has 0 spiro atoms. The van der Waals surface area contributed by atoms with Crippen molar-refractivity contribution in [2.75, 3.05) is 0 Å². The minimum absolute atomic E-state index is 0.189. The number of aromatic nitrogens is 2. The summed E-state index contributed by atoms with van der Waals surface area (Å²) in [7, 11) is 0. The average Bonchev–Trinajstić information content (AvgIpc) is 2.98. The van der Waals surface area contributed by atoms with Gasteiger partial charge in [-0.3, -0.25) is 4.79 Å². The molecule has 3 aromatic rings. The molecule has 0 aliphatic rings. The Labute approximate surface area is 147 Å². The molecule has 0 unspecified atom stereocenters. The van der Waals surface area contributed by atoms with Crippen LogP contribution in [0.4, 0.5) is 0 Å². The molecule has 0 saturated carbocycles. The van der Waals surface area contributed by atoms with Gasteiger partial charge in [0, 0.05) is 5.69 Å². The number of hydrogen-bond acceptors (Lipinski definition) is 3. The van der Waals surface area contributed by atoms with Crippen LogP contribution in [0.1, 0.15) is 33.4 Å². The van der Waals surface area contributed by atoms with Gasteiger partial charge in [-0.2, -0.15) is 5.10 Å². The smallest absolute Gasteiger partial charge is 0.253 e. The molecular weight excluding hydrogens is 312 g/mol. The quantitative estimate of drug-likeness (QED) is 0.773. The summed E-state index contributed by atoms with van der Waals surface area (Å²) < 4.78 is 1.41. The summed E-state index contributed by atoms with van der Waals surface area (Å²) in [6.45, 7) is 3.71. The van der Waals surface area contributed by atoms with Crippen molar-refractivity contribution < 1.29 is 9.90 Å². The van der Waals surface area contributed by atoms with Gasteiger partial charge in [0.25, 0.3) is 5.91 Å². The lowest BCUT2D eigenvalue weighted by Gasteiger charge is -2.22. The van der Waals surface area contributed by atoms with Gasteiger partial charge >= 0.3 is 0 Å². The predicted molar refractivity (Wildman–Crippen MR) is 97.4 cm³/mol. The lowest BCUT2D eigenvalue weighted by atomic mass is 9.89. The van der Waals surface area contributed by atoms with Crippen molar-refractivity contribution in [1.82, 2.24) is 9.78 Å². The topological polar surface area (TPSA) is 55.1 Å². The van der Waals surface area contributed by atoms with E-state index in [0.29, 0.717) is 6.42 Å².